The molecular formula is C15H25NO3. The smallest absolute Gasteiger partial charge is 0.160 e. The summed E-state index contributed by atoms with van der Waals surface area (Å²) in [4.78, 5) is 15.5. The molecule has 0 atom stereocenters. The summed E-state index contributed by atoms with van der Waals surface area (Å²) >= 11 is 0. The highest BCUT2D eigenvalue weighted by molar-refractivity contribution is 5.81. The number of carbonyl (C=O) groups is 1. The molecule has 0 unspecified atom stereocenters. The van der Waals surface area contributed by atoms with Gasteiger partial charge in [-0.05, 0) is 17.7 Å². The maximum absolute atomic E-state index is 11.3. The van der Waals surface area contributed by atoms with Crippen LogP contribution in [0, 0.1) is 5.92 Å². The summed E-state index contributed by atoms with van der Waals surface area (Å²) in [7, 11) is 1.63. The molecule has 4 nitrogen and oxygen atoms in total. The number of aromatic nitrogens is 1. The molecule has 1 rings (SSSR count). The molecule has 0 saturated carbocycles. The SMILES string of the molecule is CC.COCc1cc(COCC(=O)C(C)C)ccn1. The van der Waals surface area contributed by atoms with Crippen LogP contribution in [0.4, 0.5) is 0 Å². The van der Waals surface area contributed by atoms with Gasteiger partial charge in [0.2, 0.25) is 0 Å². The van der Waals surface area contributed by atoms with Gasteiger partial charge in [-0.2, -0.15) is 0 Å². The minimum absolute atomic E-state index is 0.0245. The number of nitrogens with zero attached hydrogens (tertiary/aromatic N) is 1. The molecule has 0 N–H and O–H groups in total. The quantitative estimate of drug-likeness (QED) is 0.762. The normalized spacial score (nSPS) is 10.0. The summed E-state index contributed by atoms with van der Waals surface area (Å²) in [5, 5.41) is 0. The van der Waals surface area contributed by atoms with Crippen molar-refractivity contribution in [1.82, 2.24) is 4.98 Å². The summed E-state index contributed by atoms with van der Waals surface area (Å²) in [5.74, 6) is 0.146. The summed E-state index contributed by atoms with van der Waals surface area (Å²) in [6, 6.07) is 3.79. The Morgan fingerprint density at radius 1 is 1.32 bits per heavy atom. The van der Waals surface area contributed by atoms with Crippen molar-refractivity contribution < 1.29 is 14.3 Å². The van der Waals surface area contributed by atoms with Crippen molar-refractivity contribution in [1.29, 1.82) is 0 Å². The van der Waals surface area contributed by atoms with Gasteiger partial charge in [-0.1, -0.05) is 27.7 Å². The first-order valence-corrected chi connectivity index (χ1v) is 6.66. The van der Waals surface area contributed by atoms with Gasteiger partial charge in [0.1, 0.15) is 6.61 Å². The van der Waals surface area contributed by atoms with Crippen LogP contribution in [-0.2, 0) is 27.5 Å². The summed E-state index contributed by atoms with van der Waals surface area (Å²) in [5.41, 5.74) is 1.87. The minimum atomic E-state index is 0.0245. The molecule has 0 fully saturated rings. The number of ketones is 1. The molecule has 0 aromatic carbocycles. The molecular weight excluding hydrogens is 242 g/mol. The standard InChI is InChI=1S/C13H19NO3.C2H6/c1-10(2)13(15)9-17-7-11-4-5-14-12(6-11)8-16-3;1-2/h4-6,10H,7-9H2,1-3H3;1-2H3. The summed E-state index contributed by atoms with van der Waals surface area (Å²) < 4.78 is 10.4. The molecule has 0 aliphatic heterocycles. The highest BCUT2D eigenvalue weighted by atomic mass is 16.5. The number of rotatable bonds is 7. The molecule has 1 heterocycles. The first-order chi connectivity index (χ1) is 9.13. The number of carbonyl (C=O) groups excluding carboxylic acids is 1. The molecule has 108 valence electrons. The molecule has 0 spiro atoms. The Morgan fingerprint density at radius 3 is 2.58 bits per heavy atom. The fraction of sp³-hybridized carbons (Fsp3) is 0.600. The molecule has 1 aromatic rings. The Labute approximate surface area is 116 Å². The number of hydrogen-bond acceptors (Lipinski definition) is 4. The van der Waals surface area contributed by atoms with Crippen LogP contribution in [0.15, 0.2) is 18.3 Å². The lowest BCUT2D eigenvalue weighted by Gasteiger charge is -2.07. The maximum atomic E-state index is 11.3. The molecule has 0 bridgehead atoms. The van der Waals surface area contributed by atoms with E-state index in [9.17, 15) is 4.79 Å². The fourth-order valence-electron chi connectivity index (χ4n) is 1.28. The van der Waals surface area contributed by atoms with Crippen molar-refractivity contribution in [2.45, 2.75) is 40.9 Å². The van der Waals surface area contributed by atoms with Crippen molar-refractivity contribution in [3.05, 3.63) is 29.6 Å². The van der Waals surface area contributed by atoms with Gasteiger partial charge in [-0.25, -0.2) is 0 Å². The van der Waals surface area contributed by atoms with Crippen molar-refractivity contribution in [3.8, 4) is 0 Å². The second-order valence-corrected chi connectivity index (χ2v) is 4.20. The lowest BCUT2D eigenvalue weighted by atomic mass is 10.1. The average molecular weight is 267 g/mol. The fourth-order valence-corrected chi connectivity index (χ4v) is 1.28. The molecule has 0 radical (unpaired) electrons. The summed E-state index contributed by atoms with van der Waals surface area (Å²) in [6.07, 6.45) is 1.72. The molecule has 4 heteroatoms. The highest BCUT2D eigenvalue weighted by Gasteiger charge is 2.07. The van der Waals surface area contributed by atoms with Crippen LogP contribution >= 0.6 is 0 Å². The van der Waals surface area contributed by atoms with Crippen molar-refractivity contribution in [2.75, 3.05) is 13.7 Å². The number of pyridine rings is 1. The van der Waals surface area contributed by atoms with E-state index in [4.69, 9.17) is 9.47 Å². The van der Waals surface area contributed by atoms with Gasteiger partial charge in [-0.3, -0.25) is 9.78 Å². The maximum Gasteiger partial charge on any atom is 0.160 e. The molecule has 0 saturated heterocycles. The second-order valence-electron chi connectivity index (χ2n) is 4.20. The molecule has 0 amide bonds. The van der Waals surface area contributed by atoms with Crippen molar-refractivity contribution in [3.63, 3.8) is 0 Å². The Morgan fingerprint density at radius 2 is 2.00 bits per heavy atom. The van der Waals surface area contributed by atoms with E-state index in [0.717, 1.165) is 11.3 Å². The van der Waals surface area contributed by atoms with Gasteiger partial charge in [0.15, 0.2) is 5.78 Å². The van der Waals surface area contributed by atoms with Crippen LogP contribution in [-0.4, -0.2) is 24.5 Å². The largest absolute Gasteiger partial charge is 0.378 e. The van der Waals surface area contributed by atoms with E-state index in [1.807, 2.05) is 39.8 Å². The third-order valence-electron chi connectivity index (χ3n) is 2.33. The van der Waals surface area contributed by atoms with Crippen LogP contribution in [0.1, 0.15) is 39.0 Å². The van der Waals surface area contributed by atoms with Crippen LogP contribution in [0.5, 0.6) is 0 Å². The zero-order valence-corrected chi connectivity index (χ0v) is 12.6. The van der Waals surface area contributed by atoms with Crippen LogP contribution in [0.3, 0.4) is 0 Å². The van der Waals surface area contributed by atoms with E-state index in [1.165, 1.54) is 0 Å². The van der Waals surface area contributed by atoms with E-state index in [1.54, 1.807) is 13.3 Å². The number of ether oxygens (including phenoxy) is 2. The Hall–Kier alpha value is -1.26. The lowest BCUT2D eigenvalue weighted by molar-refractivity contribution is -0.126. The van der Waals surface area contributed by atoms with Crippen LogP contribution in [0.2, 0.25) is 0 Å². The first kappa shape index (κ1) is 17.7. The second kappa shape index (κ2) is 10.6. The predicted octanol–water partition coefficient (Wildman–Crippen LogP) is 3.00. The van der Waals surface area contributed by atoms with Gasteiger partial charge in [0, 0.05) is 19.2 Å². The highest BCUT2D eigenvalue weighted by Crippen LogP contribution is 2.05. The Bertz CT molecular complexity index is 364. The Kier molecular flexibility index (Phi) is 9.94. The van der Waals surface area contributed by atoms with Crippen LogP contribution < -0.4 is 0 Å². The predicted molar refractivity (Wildman–Crippen MR) is 75.8 cm³/mol. The summed E-state index contributed by atoms with van der Waals surface area (Å²) in [6.45, 7) is 8.82. The van der Waals surface area contributed by atoms with Gasteiger partial charge in [0.05, 0.1) is 18.9 Å². The van der Waals surface area contributed by atoms with E-state index < -0.39 is 0 Å². The van der Waals surface area contributed by atoms with Crippen LogP contribution in [0.25, 0.3) is 0 Å². The molecule has 1 aromatic heterocycles. The third kappa shape index (κ3) is 7.70. The van der Waals surface area contributed by atoms with Gasteiger partial charge < -0.3 is 9.47 Å². The Balaban J connectivity index is 0.00000154. The monoisotopic (exact) mass is 267 g/mol. The van der Waals surface area contributed by atoms with Gasteiger partial charge in [0.25, 0.3) is 0 Å². The van der Waals surface area contributed by atoms with E-state index >= 15 is 0 Å². The van der Waals surface area contributed by atoms with Crippen molar-refractivity contribution in [2.24, 2.45) is 5.92 Å². The lowest BCUT2D eigenvalue weighted by Crippen LogP contribution is -2.14. The van der Waals surface area contributed by atoms with E-state index in [0.29, 0.717) is 13.2 Å². The topological polar surface area (TPSA) is 48.4 Å². The number of Topliss-reactive ketones (excluding diaryl/α,β-unsaturated/α-hetero) is 1. The minimum Gasteiger partial charge on any atom is -0.378 e. The number of methoxy groups -OCH3 is 1. The average Bonchev–Trinajstić information content (AvgIpc) is 2.41. The zero-order chi connectivity index (χ0) is 14.7. The van der Waals surface area contributed by atoms with E-state index in [-0.39, 0.29) is 18.3 Å². The molecule has 0 aliphatic rings. The van der Waals surface area contributed by atoms with E-state index in [2.05, 4.69) is 4.98 Å². The van der Waals surface area contributed by atoms with Gasteiger partial charge >= 0.3 is 0 Å². The zero-order valence-electron chi connectivity index (χ0n) is 12.6. The molecule has 0 aliphatic carbocycles. The van der Waals surface area contributed by atoms with Crippen molar-refractivity contribution >= 4 is 5.78 Å². The molecule has 19 heavy (non-hydrogen) atoms. The third-order valence-corrected chi connectivity index (χ3v) is 2.33. The number of hydrogen-bond donors (Lipinski definition) is 0. The first-order valence-electron chi connectivity index (χ1n) is 6.66. The van der Waals surface area contributed by atoms with Gasteiger partial charge in [-0.15, -0.1) is 0 Å².